The predicted octanol–water partition coefficient (Wildman–Crippen LogP) is 3.88. The number of fused-ring (bicyclic) bond motifs is 1. The van der Waals surface area contributed by atoms with Crippen LogP contribution in [0.15, 0.2) is 47.2 Å². The molecule has 1 fully saturated rings. The third-order valence-corrected chi connectivity index (χ3v) is 7.04. The standard InChI is InChI=1S/C21H25N3O2S2/c25-21(22-8-7-16-15-28-19-5-2-1-4-17(16)19)23-14-18(20-6-3-13-27-20)24-9-11-26-12-10-24/h1-6,13,15,18H,7-12,14H2,(H2,22,23,25). The van der Waals surface area contributed by atoms with Crippen molar-refractivity contribution in [3.8, 4) is 0 Å². The van der Waals surface area contributed by atoms with Crippen molar-refractivity contribution in [3.05, 3.63) is 57.6 Å². The summed E-state index contributed by atoms with van der Waals surface area (Å²) in [6.45, 7) is 4.54. The van der Waals surface area contributed by atoms with Gasteiger partial charge in [-0.1, -0.05) is 24.3 Å². The average molecular weight is 416 g/mol. The number of urea groups is 1. The monoisotopic (exact) mass is 415 g/mol. The van der Waals surface area contributed by atoms with Crippen molar-refractivity contribution in [2.75, 3.05) is 39.4 Å². The van der Waals surface area contributed by atoms with Crippen molar-refractivity contribution in [2.24, 2.45) is 0 Å². The summed E-state index contributed by atoms with van der Waals surface area (Å²) in [4.78, 5) is 16.0. The molecule has 28 heavy (non-hydrogen) atoms. The van der Waals surface area contributed by atoms with Gasteiger partial charge in [-0.05, 0) is 40.3 Å². The molecular formula is C21H25N3O2S2. The lowest BCUT2D eigenvalue weighted by Gasteiger charge is -2.34. The second-order valence-electron chi connectivity index (χ2n) is 6.82. The lowest BCUT2D eigenvalue weighted by atomic mass is 10.1. The fourth-order valence-corrected chi connectivity index (χ4v) is 5.43. The van der Waals surface area contributed by atoms with Gasteiger partial charge in [0.1, 0.15) is 0 Å². The first-order valence-corrected chi connectivity index (χ1v) is 11.4. The summed E-state index contributed by atoms with van der Waals surface area (Å²) in [6, 6.07) is 12.7. The maximum atomic E-state index is 12.3. The predicted molar refractivity (Wildman–Crippen MR) is 116 cm³/mol. The van der Waals surface area contributed by atoms with Gasteiger partial charge in [-0.15, -0.1) is 22.7 Å². The third-order valence-electron chi connectivity index (χ3n) is 5.06. The first-order valence-electron chi connectivity index (χ1n) is 9.63. The minimum absolute atomic E-state index is 0.102. The molecule has 0 bridgehead atoms. The van der Waals surface area contributed by atoms with E-state index < -0.39 is 0 Å². The zero-order valence-corrected chi connectivity index (χ0v) is 17.4. The largest absolute Gasteiger partial charge is 0.379 e. The highest BCUT2D eigenvalue weighted by molar-refractivity contribution is 7.17. The molecule has 0 aliphatic carbocycles. The van der Waals surface area contributed by atoms with Crippen LogP contribution in [0.1, 0.15) is 16.5 Å². The number of carbonyl (C=O) groups is 1. The Labute approximate surface area is 173 Å². The molecule has 1 aliphatic heterocycles. The van der Waals surface area contributed by atoms with E-state index in [1.54, 1.807) is 22.7 Å². The van der Waals surface area contributed by atoms with E-state index in [-0.39, 0.29) is 12.1 Å². The number of morpholine rings is 1. The lowest BCUT2D eigenvalue weighted by molar-refractivity contribution is 0.0174. The minimum atomic E-state index is -0.102. The average Bonchev–Trinajstić information content (AvgIpc) is 3.40. The van der Waals surface area contributed by atoms with Crippen LogP contribution in [0.4, 0.5) is 4.79 Å². The van der Waals surface area contributed by atoms with Gasteiger partial charge in [0, 0.05) is 35.8 Å². The van der Waals surface area contributed by atoms with Crippen molar-refractivity contribution in [3.63, 3.8) is 0 Å². The Bertz CT molecular complexity index is 888. The Kier molecular flexibility index (Phi) is 6.59. The van der Waals surface area contributed by atoms with Crippen molar-refractivity contribution >= 4 is 38.8 Å². The topological polar surface area (TPSA) is 53.6 Å². The fraction of sp³-hybridized carbons (Fsp3) is 0.381. The molecule has 0 saturated carbocycles. The summed E-state index contributed by atoms with van der Waals surface area (Å²) in [5, 5.41) is 11.6. The number of ether oxygens (including phenoxy) is 1. The second kappa shape index (κ2) is 9.52. The highest BCUT2D eigenvalue weighted by Crippen LogP contribution is 2.26. The van der Waals surface area contributed by atoms with E-state index in [2.05, 4.69) is 62.7 Å². The number of nitrogens with one attached hydrogen (secondary N) is 2. The van der Waals surface area contributed by atoms with Gasteiger partial charge in [-0.25, -0.2) is 4.79 Å². The molecule has 1 aliphatic rings. The Morgan fingerprint density at radius 1 is 1.11 bits per heavy atom. The van der Waals surface area contributed by atoms with Crippen LogP contribution in [0.25, 0.3) is 10.1 Å². The van der Waals surface area contributed by atoms with E-state index in [1.165, 1.54) is 20.5 Å². The maximum absolute atomic E-state index is 12.3. The molecule has 1 aromatic carbocycles. The first kappa shape index (κ1) is 19.4. The van der Waals surface area contributed by atoms with Crippen LogP contribution in [-0.4, -0.2) is 50.3 Å². The summed E-state index contributed by atoms with van der Waals surface area (Å²) in [5.74, 6) is 0. The minimum Gasteiger partial charge on any atom is -0.379 e. The number of hydrogen-bond acceptors (Lipinski definition) is 5. The molecule has 148 valence electrons. The SMILES string of the molecule is O=C(NCCc1csc2ccccc12)NCC(c1cccs1)N1CCOCC1. The zero-order chi connectivity index (χ0) is 19.2. The molecule has 1 atom stereocenters. The van der Waals surface area contributed by atoms with E-state index in [1.807, 2.05) is 0 Å². The van der Waals surface area contributed by atoms with Crippen LogP contribution < -0.4 is 10.6 Å². The van der Waals surface area contributed by atoms with Crippen molar-refractivity contribution in [1.29, 1.82) is 0 Å². The Morgan fingerprint density at radius 2 is 1.96 bits per heavy atom. The molecule has 2 amide bonds. The Hall–Kier alpha value is -1.93. The van der Waals surface area contributed by atoms with Crippen molar-refractivity contribution in [2.45, 2.75) is 12.5 Å². The number of rotatable bonds is 7. The zero-order valence-electron chi connectivity index (χ0n) is 15.7. The summed E-state index contributed by atoms with van der Waals surface area (Å²) in [5.41, 5.74) is 1.30. The van der Waals surface area contributed by atoms with Crippen LogP contribution in [0.2, 0.25) is 0 Å². The quantitative estimate of drug-likeness (QED) is 0.616. The molecular weight excluding hydrogens is 390 g/mol. The number of benzene rings is 1. The number of hydrogen-bond donors (Lipinski definition) is 2. The van der Waals surface area contributed by atoms with Crippen molar-refractivity contribution in [1.82, 2.24) is 15.5 Å². The molecule has 3 heterocycles. The van der Waals surface area contributed by atoms with Crippen LogP contribution in [0.5, 0.6) is 0 Å². The molecule has 7 heteroatoms. The molecule has 1 unspecified atom stereocenters. The summed E-state index contributed by atoms with van der Waals surface area (Å²) < 4.78 is 6.77. The maximum Gasteiger partial charge on any atom is 0.314 e. The first-order chi connectivity index (χ1) is 13.8. The van der Waals surface area contributed by atoms with E-state index >= 15 is 0 Å². The molecule has 5 nitrogen and oxygen atoms in total. The van der Waals surface area contributed by atoms with Crippen LogP contribution in [0, 0.1) is 0 Å². The summed E-state index contributed by atoms with van der Waals surface area (Å²) in [6.07, 6.45) is 0.843. The van der Waals surface area contributed by atoms with Gasteiger partial charge >= 0.3 is 6.03 Å². The molecule has 2 N–H and O–H groups in total. The van der Waals surface area contributed by atoms with Crippen LogP contribution >= 0.6 is 22.7 Å². The van der Waals surface area contributed by atoms with Gasteiger partial charge in [-0.2, -0.15) is 0 Å². The Balaban J connectivity index is 1.27. The lowest BCUT2D eigenvalue weighted by Crippen LogP contribution is -2.45. The van der Waals surface area contributed by atoms with Gasteiger partial charge in [0.25, 0.3) is 0 Å². The summed E-state index contributed by atoms with van der Waals surface area (Å²) >= 11 is 3.50. The number of carbonyl (C=O) groups excluding carboxylic acids is 1. The molecule has 0 spiro atoms. The van der Waals surface area contributed by atoms with Gasteiger partial charge in [-0.3, -0.25) is 4.90 Å². The van der Waals surface area contributed by atoms with E-state index in [0.717, 1.165) is 32.7 Å². The molecule has 4 rings (SSSR count). The molecule has 0 radical (unpaired) electrons. The highest BCUT2D eigenvalue weighted by Gasteiger charge is 2.23. The number of nitrogens with zero attached hydrogens (tertiary/aromatic N) is 1. The Morgan fingerprint density at radius 3 is 2.79 bits per heavy atom. The van der Waals surface area contributed by atoms with Crippen LogP contribution in [0.3, 0.4) is 0 Å². The fourth-order valence-electron chi connectivity index (χ4n) is 3.57. The van der Waals surface area contributed by atoms with E-state index in [4.69, 9.17) is 4.74 Å². The molecule has 2 aromatic heterocycles. The van der Waals surface area contributed by atoms with Gasteiger partial charge in [0.05, 0.1) is 19.3 Å². The van der Waals surface area contributed by atoms with Gasteiger partial charge in [0.2, 0.25) is 0 Å². The van der Waals surface area contributed by atoms with E-state index in [9.17, 15) is 4.79 Å². The van der Waals surface area contributed by atoms with E-state index in [0.29, 0.717) is 13.1 Å². The normalized spacial score (nSPS) is 16.1. The summed E-state index contributed by atoms with van der Waals surface area (Å²) in [7, 11) is 0. The van der Waals surface area contributed by atoms with Crippen LogP contribution in [-0.2, 0) is 11.2 Å². The third kappa shape index (κ3) is 4.72. The smallest absolute Gasteiger partial charge is 0.314 e. The van der Waals surface area contributed by atoms with Crippen molar-refractivity contribution < 1.29 is 9.53 Å². The highest BCUT2D eigenvalue weighted by atomic mass is 32.1. The number of thiophene rings is 2. The second-order valence-corrected chi connectivity index (χ2v) is 8.71. The molecule has 3 aromatic rings. The molecule has 1 saturated heterocycles. The van der Waals surface area contributed by atoms with Gasteiger partial charge < -0.3 is 15.4 Å². The van der Waals surface area contributed by atoms with Gasteiger partial charge in [0.15, 0.2) is 0 Å². The number of amides is 2.